The molecule has 1 N–H and O–H groups in total. The lowest BCUT2D eigenvalue weighted by Crippen LogP contribution is -2.34. The van der Waals surface area contributed by atoms with E-state index in [2.05, 4.69) is 19.2 Å². The topological polar surface area (TPSA) is 45.5 Å². The summed E-state index contributed by atoms with van der Waals surface area (Å²) in [7, 11) is 0. The molecular weight excluding hydrogens is 355 g/mol. The van der Waals surface area contributed by atoms with Gasteiger partial charge in [0.25, 0.3) is 0 Å². The molecule has 146 valence electrons. The first-order chi connectivity index (χ1) is 13.4. The number of carbonyl (C=O) groups is 1. The number of carbonyl (C=O) groups excluding carboxylic acids is 1. The maximum absolute atomic E-state index is 13.2. The second-order valence-corrected chi connectivity index (χ2v) is 7.20. The van der Waals surface area contributed by atoms with Gasteiger partial charge in [0.1, 0.15) is 17.3 Å². The van der Waals surface area contributed by atoms with E-state index in [0.717, 1.165) is 17.0 Å². The molecule has 0 bridgehead atoms. The quantitative estimate of drug-likeness (QED) is 0.563. The van der Waals surface area contributed by atoms with Gasteiger partial charge in [-0.3, -0.25) is 0 Å². The molecule has 0 saturated heterocycles. The summed E-state index contributed by atoms with van der Waals surface area (Å²) >= 11 is 0. The van der Waals surface area contributed by atoms with Crippen molar-refractivity contribution in [3.05, 3.63) is 89.1 Å². The number of furan rings is 1. The van der Waals surface area contributed by atoms with Gasteiger partial charge in [-0.2, -0.15) is 0 Å². The van der Waals surface area contributed by atoms with E-state index in [9.17, 15) is 9.18 Å². The van der Waals surface area contributed by atoms with Gasteiger partial charge in [0.05, 0.1) is 6.54 Å². The largest absolute Gasteiger partial charge is 0.464 e. The average molecular weight is 380 g/mol. The van der Waals surface area contributed by atoms with E-state index < -0.39 is 0 Å². The summed E-state index contributed by atoms with van der Waals surface area (Å²) < 4.78 is 18.8. The molecule has 2 amide bonds. The normalized spacial score (nSPS) is 10.9. The highest BCUT2D eigenvalue weighted by Crippen LogP contribution is 2.19. The second-order valence-electron chi connectivity index (χ2n) is 7.20. The number of hydrogen-bond acceptors (Lipinski definition) is 2. The predicted octanol–water partition coefficient (Wildman–Crippen LogP) is 6.08. The van der Waals surface area contributed by atoms with Crippen LogP contribution in [0.3, 0.4) is 0 Å². The van der Waals surface area contributed by atoms with Gasteiger partial charge >= 0.3 is 6.03 Å². The maximum Gasteiger partial charge on any atom is 0.322 e. The second kappa shape index (κ2) is 8.74. The van der Waals surface area contributed by atoms with Crippen molar-refractivity contribution in [3.8, 4) is 0 Å². The smallest absolute Gasteiger partial charge is 0.322 e. The van der Waals surface area contributed by atoms with Gasteiger partial charge in [0.2, 0.25) is 0 Å². The molecule has 5 heteroatoms. The molecule has 0 unspecified atom stereocenters. The Morgan fingerprint density at radius 1 is 1.00 bits per heavy atom. The van der Waals surface area contributed by atoms with Crippen LogP contribution in [0.4, 0.5) is 14.9 Å². The average Bonchev–Trinajstić information content (AvgIpc) is 3.08. The van der Waals surface area contributed by atoms with Gasteiger partial charge in [-0.25, -0.2) is 9.18 Å². The zero-order valence-electron chi connectivity index (χ0n) is 16.4. The molecular formula is C23H25FN2O2. The molecule has 0 atom stereocenters. The Morgan fingerprint density at radius 3 is 2.25 bits per heavy atom. The lowest BCUT2D eigenvalue weighted by atomic mass is 10.0. The van der Waals surface area contributed by atoms with Gasteiger partial charge in [-0.05, 0) is 60.4 Å². The van der Waals surface area contributed by atoms with Crippen LogP contribution < -0.4 is 5.32 Å². The van der Waals surface area contributed by atoms with E-state index in [1.165, 1.54) is 17.7 Å². The zero-order chi connectivity index (χ0) is 20.1. The van der Waals surface area contributed by atoms with Crippen molar-refractivity contribution in [3.63, 3.8) is 0 Å². The van der Waals surface area contributed by atoms with Crippen LogP contribution in [-0.4, -0.2) is 10.9 Å². The summed E-state index contributed by atoms with van der Waals surface area (Å²) in [6, 6.07) is 17.5. The fourth-order valence-electron chi connectivity index (χ4n) is 2.92. The minimum absolute atomic E-state index is 0.240. The Hall–Kier alpha value is -3.08. The molecule has 0 radical (unpaired) electrons. The molecule has 4 nitrogen and oxygen atoms in total. The number of urea groups is 1. The van der Waals surface area contributed by atoms with E-state index >= 15 is 0 Å². The van der Waals surface area contributed by atoms with E-state index in [1.807, 2.05) is 43.3 Å². The number of hydrogen-bond donors (Lipinski definition) is 1. The standard InChI is InChI=1S/C23H25FN2O2/c1-16(2)19-7-11-21(12-8-19)25-23(27)26(15-22-13-4-17(3)28-22)14-18-5-9-20(24)10-6-18/h4-13,16H,14-15H2,1-3H3,(H,25,27). The number of nitrogens with one attached hydrogen (secondary N) is 1. The highest BCUT2D eigenvalue weighted by molar-refractivity contribution is 5.89. The fraction of sp³-hybridized carbons (Fsp3) is 0.261. The Labute approximate surface area is 165 Å². The predicted molar refractivity (Wildman–Crippen MR) is 109 cm³/mol. The summed E-state index contributed by atoms with van der Waals surface area (Å²) in [5, 5.41) is 2.94. The first-order valence-corrected chi connectivity index (χ1v) is 9.36. The molecule has 2 aromatic carbocycles. The van der Waals surface area contributed by atoms with Crippen LogP contribution in [0.25, 0.3) is 0 Å². The third kappa shape index (κ3) is 5.22. The third-order valence-corrected chi connectivity index (χ3v) is 4.55. The van der Waals surface area contributed by atoms with Crippen LogP contribution in [0, 0.1) is 12.7 Å². The third-order valence-electron chi connectivity index (χ3n) is 4.55. The highest BCUT2D eigenvalue weighted by Gasteiger charge is 2.17. The monoisotopic (exact) mass is 380 g/mol. The van der Waals surface area contributed by atoms with Gasteiger partial charge < -0.3 is 14.6 Å². The summed E-state index contributed by atoms with van der Waals surface area (Å²) in [6.45, 7) is 6.79. The van der Waals surface area contributed by atoms with Crippen LogP contribution >= 0.6 is 0 Å². The molecule has 28 heavy (non-hydrogen) atoms. The number of benzene rings is 2. The van der Waals surface area contributed by atoms with Crippen LogP contribution in [0.2, 0.25) is 0 Å². The van der Waals surface area contributed by atoms with E-state index in [0.29, 0.717) is 24.8 Å². The van der Waals surface area contributed by atoms with Gasteiger partial charge in [0, 0.05) is 12.2 Å². The first-order valence-electron chi connectivity index (χ1n) is 9.36. The number of halogens is 1. The van der Waals surface area contributed by atoms with Crippen molar-refractivity contribution in [2.45, 2.75) is 39.8 Å². The summed E-state index contributed by atoms with van der Waals surface area (Å²) in [5.41, 5.74) is 2.79. The minimum atomic E-state index is -0.299. The molecule has 0 aliphatic rings. The lowest BCUT2D eigenvalue weighted by molar-refractivity contribution is 0.201. The minimum Gasteiger partial charge on any atom is -0.464 e. The number of amides is 2. The molecule has 0 spiro atoms. The molecule has 0 aliphatic heterocycles. The van der Waals surface area contributed by atoms with Gasteiger partial charge in [0.15, 0.2) is 0 Å². The fourth-order valence-corrected chi connectivity index (χ4v) is 2.92. The highest BCUT2D eigenvalue weighted by atomic mass is 19.1. The number of anilines is 1. The molecule has 3 aromatic rings. The van der Waals surface area contributed by atoms with E-state index in [4.69, 9.17) is 4.42 Å². The SMILES string of the molecule is Cc1ccc(CN(Cc2ccc(F)cc2)C(=O)Nc2ccc(C(C)C)cc2)o1. The number of nitrogens with zero attached hydrogens (tertiary/aromatic N) is 1. The van der Waals surface area contributed by atoms with Crippen molar-refractivity contribution >= 4 is 11.7 Å². The molecule has 0 fully saturated rings. The Kier molecular flexibility index (Phi) is 6.14. The van der Waals surface area contributed by atoms with Crippen LogP contribution in [0.5, 0.6) is 0 Å². The van der Waals surface area contributed by atoms with Crippen molar-refractivity contribution in [2.75, 3.05) is 5.32 Å². The summed E-state index contributed by atoms with van der Waals surface area (Å²) in [6.07, 6.45) is 0. The summed E-state index contributed by atoms with van der Waals surface area (Å²) in [4.78, 5) is 14.6. The van der Waals surface area contributed by atoms with Gasteiger partial charge in [-0.15, -0.1) is 0 Å². The molecule has 1 heterocycles. The molecule has 1 aromatic heterocycles. The van der Waals surface area contributed by atoms with E-state index in [-0.39, 0.29) is 11.8 Å². The number of rotatable bonds is 6. The Bertz CT molecular complexity index is 915. The molecule has 0 aliphatic carbocycles. The first kappa shape index (κ1) is 19.7. The lowest BCUT2D eigenvalue weighted by Gasteiger charge is -2.22. The van der Waals surface area contributed by atoms with Crippen LogP contribution in [0.1, 0.15) is 42.4 Å². The van der Waals surface area contributed by atoms with Crippen LogP contribution in [0.15, 0.2) is 65.1 Å². The number of aryl methyl sites for hydroxylation is 1. The van der Waals surface area contributed by atoms with Crippen molar-refractivity contribution < 1.29 is 13.6 Å². The molecule has 3 rings (SSSR count). The van der Waals surface area contributed by atoms with Gasteiger partial charge in [-0.1, -0.05) is 38.1 Å². The van der Waals surface area contributed by atoms with E-state index in [1.54, 1.807) is 17.0 Å². The maximum atomic E-state index is 13.2. The van der Waals surface area contributed by atoms with Crippen LogP contribution in [-0.2, 0) is 13.1 Å². The van der Waals surface area contributed by atoms with Crippen molar-refractivity contribution in [1.29, 1.82) is 0 Å². The van der Waals surface area contributed by atoms with Crippen molar-refractivity contribution in [2.24, 2.45) is 0 Å². The summed E-state index contributed by atoms with van der Waals surface area (Å²) in [5.74, 6) is 1.62. The van der Waals surface area contributed by atoms with Crippen molar-refractivity contribution in [1.82, 2.24) is 4.90 Å². The Balaban J connectivity index is 1.75. The zero-order valence-corrected chi connectivity index (χ0v) is 16.4. The molecule has 0 saturated carbocycles. The Morgan fingerprint density at radius 2 is 1.68 bits per heavy atom.